The summed E-state index contributed by atoms with van der Waals surface area (Å²) in [6.07, 6.45) is -0.427. The smallest absolute Gasteiger partial charge is 0.333 e. The second-order valence-electron chi connectivity index (χ2n) is 3.40. The predicted octanol–water partition coefficient (Wildman–Crippen LogP) is 0.859. The number of carbonyl (C=O) groups is 1. The highest BCUT2D eigenvalue weighted by Gasteiger charge is 2.21. The molecule has 0 aromatic rings. The molecule has 0 heterocycles. The minimum atomic E-state index is -3.54. The number of ether oxygens (including phenoxy) is 1. The van der Waals surface area contributed by atoms with Gasteiger partial charge in [-0.25, -0.2) is 4.79 Å². The maximum Gasteiger partial charge on any atom is 0.333 e. The van der Waals surface area contributed by atoms with Gasteiger partial charge < -0.3 is 4.74 Å². The standard InChI is InChI=1S/C9H16O5S/c1-6(2)9(10)13-7(3)8(4)14-15(5,11)12/h7-8H,1H2,2-5H3. The van der Waals surface area contributed by atoms with Crippen LogP contribution in [0.1, 0.15) is 20.8 Å². The summed E-state index contributed by atoms with van der Waals surface area (Å²) in [5.41, 5.74) is 0.258. The molecule has 0 bridgehead atoms. The lowest BCUT2D eigenvalue weighted by Crippen LogP contribution is -2.30. The number of hydrogen-bond donors (Lipinski definition) is 0. The highest BCUT2D eigenvalue weighted by atomic mass is 32.2. The summed E-state index contributed by atoms with van der Waals surface area (Å²) in [6.45, 7) is 7.98. The van der Waals surface area contributed by atoms with Crippen molar-refractivity contribution in [2.75, 3.05) is 6.26 Å². The third kappa shape index (κ3) is 6.24. The van der Waals surface area contributed by atoms with Crippen LogP contribution >= 0.6 is 0 Å². The third-order valence-corrected chi connectivity index (χ3v) is 2.28. The molecule has 0 aromatic heterocycles. The van der Waals surface area contributed by atoms with Crippen molar-refractivity contribution >= 4 is 16.1 Å². The fraction of sp³-hybridized carbons (Fsp3) is 0.667. The molecule has 6 heteroatoms. The largest absolute Gasteiger partial charge is 0.457 e. The molecule has 0 N–H and O–H groups in total. The van der Waals surface area contributed by atoms with E-state index < -0.39 is 28.3 Å². The molecule has 88 valence electrons. The topological polar surface area (TPSA) is 69.7 Å². The van der Waals surface area contributed by atoms with Gasteiger partial charge in [-0.2, -0.15) is 8.42 Å². The lowest BCUT2D eigenvalue weighted by atomic mass is 10.2. The average molecular weight is 236 g/mol. The molecule has 0 fully saturated rings. The van der Waals surface area contributed by atoms with Crippen molar-refractivity contribution in [3.8, 4) is 0 Å². The van der Waals surface area contributed by atoms with Gasteiger partial charge in [0.15, 0.2) is 0 Å². The minimum absolute atomic E-state index is 0.258. The van der Waals surface area contributed by atoms with E-state index >= 15 is 0 Å². The van der Waals surface area contributed by atoms with Gasteiger partial charge in [-0.1, -0.05) is 6.58 Å². The first-order valence-corrected chi connectivity index (χ1v) is 6.20. The molecule has 2 unspecified atom stereocenters. The Morgan fingerprint density at radius 3 is 2.07 bits per heavy atom. The van der Waals surface area contributed by atoms with Gasteiger partial charge in [-0.15, -0.1) is 0 Å². The molecule has 0 aliphatic heterocycles. The monoisotopic (exact) mass is 236 g/mol. The van der Waals surface area contributed by atoms with Crippen LogP contribution in [-0.2, 0) is 23.8 Å². The summed E-state index contributed by atoms with van der Waals surface area (Å²) in [4.78, 5) is 11.1. The molecule has 0 aromatic carbocycles. The van der Waals surface area contributed by atoms with E-state index in [1.165, 1.54) is 13.8 Å². The number of carbonyl (C=O) groups excluding carboxylic acids is 1. The van der Waals surface area contributed by atoms with Crippen LogP contribution in [0.15, 0.2) is 12.2 Å². The van der Waals surface area contributed by atoms with Crippen molar-refractivity contribution < 1.29 is 22.1 Å². The van der Waals surface area contributed by atoms with Crippen LogP contribution in [0.3, 0.4) is 0 Å². The number of esters is 1. The van der Waals surface area contributed by atoms with Crippen LogP contribution in [0.4, 0.5) is 0 Å². The van der Waals surface area contributed by atoms with Crippen LogP contribution in [0.25, 0.3) is 0 Å². The first-order valence-electron chi connectivity index (χ1n) is 4.38. The molecule has 0 aliphatic rings. The molecular formula is C9H16O5S. The van der Waals surface area contributed by atoms with Crippen LogP contribution in [0.2, 0.25) is 0 Å². The van der Waals surface area contributed by atoms with Crippen molar-refractivity contribution in [2.45, 2.75) is 33.0 Å². The van der Waals surface area contributed by atoms with Crippen molar-refractivity contribution in [3.63, 3.8) is 0 Å². The van der Waals surface area contributed by atoms with Crippen molar-refractivity contribution in [3.05, 3.63) is 12.2 Å². The lowest BCUT2D eigenvalue weighted by molar-refractivity contribution is -0.147. The Hall–Kier alpha value is -0.880. The van der Waals surface area contributed by atoms with Gasteiger partial charge in [0.2, 0.25) is 0 Å². The summed E-state index contributed by atoms with van der Waals surface area (Å²) in [5.74, 6) is -0.563. The van der Waals surface area contributed by atoms with E-state index in [0.717, 1.165) is 6.26 Å². The zero-order chi connectivity index (χ0) is 12.2. The molecule has 0 aliphatic carbocycles. The molecule has 0 saturated heterocycles. The SMILES string of the molecule is C=C(C)C(=O)OC(C)C(C)OS(C)(=O)=O. The predicted molar refractivity (Wildman–Crippen MR) is 55.8 cm³/mol. The van der Waals surface area contributed by atoms with Gasteiger partial charge >= 0.3 is 5.97 Å². The normalized spacial score (nSPS) is 15.5. The first kappa shape index (κ1) is 14.1. The van der Waals surface area contributed by atoms with Gasteiger partial charge in [-0.3, -0.25) is 4.18 Å². The Bertz CT molecular complexity index is 344. The fourth-order valence-corrected chi connectivity index (χ4v) is 1.43. The minimum Gasteiger partial charge on any atom is -0.457 e. The first-order chi connectivity index (χ1) is 6.63. The van der Waals surface area contributed by atoms with E-state index in [2.05, 4.69) is 10.8 Å². The van der Waals surface area contributed by atoms with E-state index in [0.29, 0.717) is 0 Å². The molecule has 0 spiro atoms. The van der Waals surface area contributed by atoms with Crippen molar-refractivity contribution in [1.82, 2.24) is 0 Å². The van der Waals surface area contributed by atoms with Crippen LogP contribution in [0.5, 0.6) is 0 Å². The van der Waals surface area contributed by atoms with Gasteiger partial charge in [0.1, 0.15) is 12.2 Å². The summed E-state index contributed by atoms with van der Waals surface area (Å²) in [7, 11) is -3.54. The maximum absolute atomic E-state index is 11.1. The third-order valence-electron chi connectivity index (χ3n) is 1.63. The Kier molecular flexibility index (Phi) is 4.96. The molecule has 2 atom stereocenters. The number of rotatable bonds is 5. The van der Waals surface area contributed by atoms with E-state index in [4.69, 9.17) is 4.74 Å². The van der Waals surface area contributed by atoms with Crippen LogP contribution in [0, 0.1) is 0 Å². The lowest BCUT2D eigenvalue weighted by Gasteiger charge is -2.19. The van der Waals surface area contributed by atoms with Gasteiger partial charge in [0.05, 0.1) is 6.26 Å². The quantitative estimate of drug-likeness (QED) is 0.402. The van der Waals surface area contributed by atoms with Gasteiger partial charge in [0.25, 0.3) is 10.1 Å². The zero-order valence-corrected chi connectivity index (χ0v) is 10.1. The van der Waals surface area contributed by atoms with Crippen LogP contribution in [-0.4, -0.2) is 32.9 Å². The maximum atomic E-state index is 11.1. The van der Waals surface area contributed by atoms with E-state index in [9.17, 15) is 13.2 Å². The number of hydrogen-bond acceptors (Lipinski definition) is 5. The molecule has 5 nitrogen and oxygen atoms in total. The van der Waals surface area contributed by atoms with Gasteiger partial charge in [0, 0.05) is 5.57 Å². The Morgan fingerprint density at radius 1 is 1.27 bits per heavy atom. The van der Waals surface area contributed by atoms with Crippen molar-refractivity contribution in [1.29, 1.82) is 0 Å². The van der Waals surface area contributed by atoms with Gasteiger partial charge in [-0.05, 0) is 20.8 Å². The molecule has 0 rings (SSSR count). The summed E-state index contributed by atoms with van der Waals surface area (Å²) < 4.78 is 31.1. The highest BCUT2D eigenvalue weighted by molar-refractivity contribution is 7.86. The Morgan fingerprint density at radius 2 is 1.73 bits per heavy atom. The molecule has 15 heavy (non-hydrogen) atoms. The summed E-state index contributed by atoms with van der Waals surface area (Å²) in [5, 5.41) is 0. The van der Waals surface area contributed by atoms with E-state index in [-0.39, 0.29) is 5.57 Å². The zero-order valence-electron chi connectivity index (χ0n) is 9.31. The van der Waals surface area contributed by atoms with E-state index in [1.54, 1.807) is 6.92 Å². The Labute approximate surface area is 90.2 Å². The second-order valence-corrected chi connectivity index (χ2v) is 5.00. The molecule has 0 saturated carbocycles. The Balaban J connectivity index is 4.28. The molecule has 0 radical (unpaired) electrons. The average Bonchev–Trinajstić information content (AvgIpc) is 2.00. The summed E-state index contributed by atoms with van der Waals surface area (Å²) >= 11 is 0. The highest BCUT2D eigenvalue weighted by Crippen LogP contribution is 2.08. The van der Waals surface area contributed by atoms with Crippen molar-refractivity contribution in [2.24, 2.45) is 0 Å². The molecular weight excluding hydrogens is 220 g/mol. The summed E-state index contributed by atoms with van der Waals surface area (Å²) in [6, 6.07) is 0. The van der Waals surface area contributed by atoms with Crippen LogP contribution < -0.4 is 0 Å². The second kappa shape index (κ2) is 5.27. The van der Waals surface area contributed by atoms with E-state index in [1.807, 2.05) is 0 Å². The fourth-order valence-electron chi connectivity index (χ4n) is 0.719. The molecule has 0 amide bonds.